The van der Waals surface area contributed by atoms with Crippen LogP contribution in [0.2, 0.25) is 0 Å². The highest BCUT2D eigenvalue weighted by molar-refractivity contribution is 5.79. The minimum atomic E-state index is -4.23. The van der Waals surface area contributed by atoms with Gasteiger partial charge in [0, 0.05) is 25.2 Å². The predicted molar refractivity (Wildman–Crippen MR) is 76.6 cm³/mol. The van der Waals surface area contributed by atoms with Crippen molar-refractivity contribution >= 4 is 11.6 Å². The molecule has 122 valence electrons. The lowest BCUT2D eigenvalue weighted by Gasteiger charge is -2.12. The highest BCUT2D eigenvalue weighted by Gasteiger charge is 2.26. The van der Waals surface area contributed by atoms with Crippen LogP contribution in [0.3, 0.4) is 0 Å². The van der Waals surface area contributed by atoms with Gasteiger partial charge in [0.25, 0.3) is 5.69 Å². The number of benzene rings is 1. The molecule has 0 bridgehead atoms. The number of alkyl halides is 3. The Balaban J connectivity index is 2.65. The molecule has 0 atom stereocenters. The van der Waals surface area contributed by atoms with Crippen molar-refractivity contribution in [2.45, 2.75) is 26.1 Å². The van der Waals surface area contributed by atoms with E-state index in [1.807, 2.05) is 0 Å². The van der Waals surface area contributed by atoms with Gasteiger partial charge in [-0.05, 0) is 12.5 Å². The van der Waals surface area contributed by atoms with Crippen molar-refractivity contribution in [2.75, 3.05) is 13.1 Å². The van der Waals surface area contributed by atoms with E-state index >= 15 is 0 Å². The van der Waals surface area contributed by atoms with Gasteiger partial charge in [-0.2, -0.15) is 13.2 Å². The maximum atomic E-state index is 12.1. The molecule has 0 saturated heterocycles. The first-order valence-corrected chi connectivity index (χ1v) is 6.64. The number of guanidine groups is 1. The van der Waals surface area contributed by atoms with Gasteiger partial charge < -0.3 is 10.6 Å². The van der Waals surface area contributed by atoms with Gasteiger partial charge in [0.15, 0.2) is 5.96 Å². The molecule has 0 unspecified atom stereocenters. The minimum Gasteiger partial charge on any atom is -0.357 e. The minimum absolute atomic E-state index is 0.0530. The molecule has 0 aliphatic carbocycles. The quantitative estimate of drug-likeness (QED) is 0.366. The average Bonchev–Trinajstić information content (AvgIpc) is 2.43. The average molecular weight is 318 g/mol. The van der Waals surface area contributed by atoms with Gasteiger partial charge in [-0.3, -0.25) is 10.1 Å². The number of hydrogen-bond acceptors (Lipinski definition) is 3. The van der Waals surface area contributed by atoms with Crippen molar-refractivity contribution in [3.05, 3.63) is 39.9 Å². The molecule has 0 radical (unpaired) electrons. The first kappa shape index (κ1) is 17.7. The van der Waals surface area contributed by atoms with Crippen LogP contribution in [0.25, 0.3) is 0 Å². The van der Waals surface area contributed by atoms with Gasteiger partial charge in [0.05, 0.1) is 17.9 Å². The normalized spacial score (nSPS) is 12.1. The maximum absolute atomic E-state index is 12.1. The Bertz CT molecular complexity index is 532. The molecule has 0 heterocycles. The molecule has 2 N–H and O–H groups in total. The SMILES string of the molecule is CCNC(=NCc1cccc([N+](=O)[O-])c1)NCCC(F)(F)F. The second-order valence-electron chi connectivity index (χ2n) is 4.41. The lowest BCUT2D eigenvalue weighted by molar-refractivity contribution is -0.384. The first-order chi connectivity index (χ1) is 10.3. The second-order valence-corrected chi connectivity index (χ2v) is 4.41. The van der Waals surface area contributed by atoms with Crippen molar-refractivity contribution in [1.29, 1.82) is 0 Å². The van der Waals surface area contributed by atoms with E-state index in [4.69, 9.17) is 0 Å². The van der Waals surface area contributed by atoms with Crippen LogP contribution in [0.5, 0.6) is 0 Å². The summed E-state index contributed by atoms with van der Waals surface area (Å²) in [5, 5.41) is 16.1. The van der Waals surface area contributed by atoms with Crippen LogP contribution in [0.1, 0.15) is 18.9 Å². The van der Waals surface area contributed by atoms with Gasteiger partial charge in [-0.25, -0.2) is 4.99 Å². The molecule has 6 nitrogen and oxygen atoms in total. The fourth-order valence-electron chi connectivity index (χ4n) is 1.60. The van der Waals surface area contributed by atoms with E-state index in [0.29, 0.717) is 12.1 Å². The highest BCUT2D eigenvalue weighted by Crippen LogP contribution is 2.18. The first-order valence-electron chi connectivity index (χ1n) is 6.64. The molecule has 22 heavy (non-hydrogen) atoms. The van der Waals surface area contributed by atoms with Gasteiger partial charge in [-0.15, -0.1) is 0 Å². The molecule has 1 rings (SSSR count). The van der Waals surface area contributed by atoms with Gasteiger partial charge in [0.1, 0.15) is 0 Å². The number of hydrogen-bond donors (Lipinski definition) is 2. The van der Waals surface area contributed by atoms with Crippen molar-refractivity contribution in [3.8, 4) is 0 Å². The summed E-state index contributed by atoms with van der Waals surface area (Å²) in [5.41, 5.74) is 0.546. The fraction of sp³-hybridized carbons (Fsp3) is 0.462. The van der Waals surface area contributed by atoms with Gasteiger partial charge in [-0.1, -0.05) is 12.1 Å². The summed E-state index contributed by atoms with van der Waals surface area (Å²) in [6.45, 7) is 2.12. The van der Waals surface area contributed by atoms with Crippen molar-refractivity contribution < 1.29 is 18.1 Å². The lowest BCUT2D eigenvalue weighted by atomic mass is 10.2. The van der Waals surface area contributed by atoms with E-state index in [9.17, 15) is 23.3 Å². The molecular weight excluding hydrogens is 301 g/mol. The standard InChI is InChI=1S/C13H17F3N4O2/c1-2-17-12(18-7-6-13(14,15)16)19-9-10-4-3-5-11(8-10)20(21)22/h3-5,8H,2,6-7,9H2,1H3,(H2,17,18,19). The molecule has 9 heteroatoms. The monoisotopic (exact) mass is 318 g/mol. The van der Waals surface area contributed by atoms with Crippen molar-refractivity contribution in [1.82, 2.24) is 10.6 Å². The Morgan fingerprint density at radius 1 is 1.36 bits per heavy atom. The molecule has 0 saturated carbocycles. The van der Waals surface area contributed by atoms with Crippen LogP contribution in [0.15, 0.2) is 29.3 Å². The van der Waals surface area contributed by atoms with E-state index in [2.05, 4.69) is 15.6 Å². The highest BCUT2D eigenvalue weighted by atomic mass is 19.4. The van der Waals surface area contributed by atoms with E-state index in [-0.39, 0.29) is 24.7 Å². The Hall–Kier alpha value is -2.32. The molecule has 0 spiro atoms. The summed E-state index contributed by atoms with van der Waals surface area (Å²) < 4.78 is 36.3. The molecule has 1 aromatic rings. The van der Waals surface area contributed by atoms with E-state index in [1.165, 1.54) is 18.2 Å². The predicted octanol–water partition coefficient (Wildman–Crippen LogP) is 2.60. The molecule has 0 fully saturated rings. The smallest absolute Gasteiger partial charge is 0.357 e. The topological polar surface area (TPSA) is 79.6 Å². The van der Waals surface area contributed by atoms with Crippen LogP contribution in [0.4, 0.5) is 18.9 Å². The number of nitro benzene ring substituents is 1. The van der Waals surface area contributed by atoms with Crippen LogP contribution in [0, 0.1) is 10.1 Å². The Morgan fingerprint density at radius 2 is 2.09 bits per heavy atom. The van der Waals surface area contributed by atoms with Crippen LogP contribution in [-0.4, -0.2) is 30.1 Å². The number of nitro groups is 1. The summed E-state index contributed by atoms with van der Waals surface area (Å²) in [7, 11) is 0. The second kappa shape index (κ2) is 8.20. The van der Waals surface area contributed by atoms with E-state index < -0.39 is 17.5 Å². The fourth-order valence-corrected chi connectivity index (χ4v) is 1.60. The number of aliphatic imine (C=N–C) groups is 1. The third-order valence-corrected chi connectivity index (χ3v) is 2.59. The number of non-ortho nitro benzene ring substituents is 1. The zero-order chi connectivity index (χ0) is 16.6. The Morgan fingerprint density at radius 3 is 2.68 bits per heavy atom. The summed E-state index contributed by atoms with van der Waals surface area (Å²) in [4.78, 5) is 14.3. The molecular formula is C13H17F3N4O2. The number of rotatable bonds is 6. The third-order valence-electron chi connectivity index (χ3n) is 2.59. The summed E-state index contributed by atoms with van der Waals surface area (Å²) in [5.74, 6) is 0.234. The maximum Gasteiger partial charge on any atom is 0.390 e. The van der Waals surface area contributed by atoms with Gasteiger partial charge >= 0.3 is 6.18 Å². The zero-order valence-corrected chi connectivity index (χ0v) is 12.0. The largest absolute Gasteiger partial charge is 0.390 e. The van der Waals surface area contributed by atoms with Crippen molar-refractivity contribution in [3.63, 3.8) is 0 Å². The number of nitrogens with zero attached hydrogens (tertiary/aromatic N) is 2. The lowest BCUT2D eigenvalue weighted by Crippen LogP contribution is -2.38. The van der Waals surface area contributed by atoms with Crippen LogP contribution in [-0.2, 0) is 6.54 Å². The zero-order valence-electron chi connectivity index (χ0n) is 12.0. The van der Waals surface area contributed by atoms with Gasteiger partial charge in [0.2, 0.25) is 0 Å². The summed E-state index contributed by atoms with van der Waals surface area (Å²) >= 11 is 0. The molecule has 0 aliphatic heterocycles. The summed E-state index contributed by atoms with van der Waals surface area (Å²) in [6, 6.07) is 5.94. The molecule has 0 aliphatic rings. The molecule has 0 aromatic heterocycles. The number of nitrogens with one attached hydrogen (secondary N) is 2. The third kappa shape index (κ3) is 6.91. The molecule has 1 aromatic carbocycles. The number of halogens is 3. The van der Waals surface area contributed by atoms with E-state index in [0.717, 1.165) is 0 Å². The van der Waals surface area contributed by atoms with Crippen LogP contribution >= 0.6 is 0 Å². The summed E-state index contributed by atoms with van der Waals surface area (Å²) in [6.07, 6.45) is -5.20. The van der Waals surface area contributed by atoms with Crippen molar-refractivity contribution in [2.24, 2.45) is 4.99 Å². The van der Waals surface area contributed by atoms with E-state index in [1.54, 1.807) is 13.0 Å². The Kier molecular flexibility index (Phi) is 6.61. The Labute approximate surface area is 125 Å². The van der Waals surface area contributed by atoms with Crippen LogP contribution < -0.4 is 10.6 Å². The molecule has 0 amide bonds.